The minimum atomic E-state index is -0.511. The monoisotopic (exact) mass is 1010 g/mol. The van der Waals surface area contributed by atoms with Crippen LogP contribution in [0.4, 0.5) is 0 Å². The molecule has 0 spiro atoms. The van der Waals surface area contributed by atoms with E-state index in [0.717, 1.165) is 57.2 Å². The Morgan fingerprint density at radius 2 is 0.836 bits per heavy atom. The van der Waals surface area contributed by atoms with Crippen LogP contribution in [0.1, 0.15) is 295 Å². The largest absolute Gasteiger partial charge is 0.462 e. The van der Waals surface area contributed by atoms with Gasteiger partial charge >= 0.3 is 5.97 Å². The van der Waals surface area contributed by atoms with Gasteiger partial charge in [0.2, 0.25) is 0 Å². The number of hydrogen-bond acceptors (Lipinski definition) is 4. The molecule has 0 aliphatic rings. The Morgan fingerprint density at radius 1 is 0.508 bits per heavy atom. The van der Waals surface area contributed by atoms with Crippen LogP contribution in [0.5, 0.6) is 0 Å². The van der Waals surface area contributed by atoms with Crippen molar-refractivity contribution in [3.05, 3.63) is 5.92 Å². The van der Waals surface area contributed by atoms with Crippen LogP contribution in [-0.4, -0.2) is 46.1 Å². The van der Waals surface area contributed by atoms with E-state index < -0.39 is 5.41 Å². The van der Waals surface area contributed by atoms with Gasteiger partial charge in [0, 0.05) is 45.1 Å². The van der Waals surface area contributed by atoms with E-state index in [-0.39, 0.29) is 62.0 Å². The number of hydrogen-bond donors (Lipinski definition) is 0. The van der Waals surface area contributed by atoms with Gasteiger partial charge in [-0.25, -0.2) is 0 Å². The first-order chi connectivity index (χ1) is 28.6. The van der Waals surface area contributed by atoms with E-state index in [0.29, 0.717) is 0 Å². The third-order valence-electron chi connectivity index (χ3n) is 13.5. The SMILES string of the molecule is CCCCC(CCCC)CCCCCCCCCC(CCCCCCCCCC(CCCC)CCCC)OC(=O)C(C)(C)CC(C)(C)SC(C)(C)C[C-](C)CN(CC)CC.[Sm]. The molecule has 0 heterocycles. The van der Waals surface area contributed by atoms with Crippen LogP contribution in [0.3, 0.4) is 0 Å². The second-order valence-electron chi connectivity index (χ2n) is 21.7. The molecule has 61 heavy (non-hydrogen) atoms. The van der Waals surface area contributed by atoms with E-state index in [1.807, 2.05) is 0 Å². The maximum atomic E-state index is 14.0. The molecule has 0 atom stereocenters. The Kier molecular flexibility index (Phi) is 42.3. The molecule has 0 amide bonds. The van der Waals surface area contributed by atoms with Crippen molar-refractivity contribution in [2.24, 2.45) is 17.3 Å². The number of carbonyl (C=O) groups excluding carboxylic acids is 1. The van der Waals surface area contributed by atoms with Crippen LogP contribution in [0.25, 0.3) is 0 Å². The van der Waals surface area contributed by atoms with Gasteiger partial charge in [-0.2, -0.15) is 25.1 Å². The molecule has 366 valence electrons. The first kappa shape index (κ1) is 64.2. The smallest absolute Gasteiger partial charge is 0.311 e. The summed E-state index contributed by atoms with van der Waals surface area (Å²) in [5.74, 6) is 3.51. The molecule has 0 aliphatic heterocycles. The molecule has 0 saturated carbocycles. The van der Waals surface area contributed by atoms with Crippen LogP contribution >= 0.6 is 11.8 Å². The van der Waals surface area contributed by atoms with Crippen molar-refractivity contribution >= 4 is 17.7 Å². The predicted molar refractivity (Wildman–Crippen MR) is 274 cm³/mol. The number of esters is 1. The van der Waals surface area contributed by atoms with Crippen molar-refractivity contribution < 1.29 is 49.9 Å². The number of carbonyl (C=O) groups is 1. The summed E-state index contributed by atoms with van der Waals surface area (Å²) in [4.78, 5) is 16.6. The zero-order valence-corrected chi connectivity index (χ0v) is 47.5. The number of rotatable bonds is 44. The Morgan fingerprint density at radius 3 is 1.18 bits per heavy atom. The fourth-order valence-corrected chi connectivity index (χ4v) is 12.6. The number of unbranched alkanes of at least 4 members (excludes halogenated alkanes) is 16. The molecule has 0 aliphatic carbocycles. The molecule has 0 aromatic heterocycles. The number of nitrogens with zero attached hydrogens (tertiary/aromatic N) is 1. The Bertz CT molecular complexity index is 910. The van der Waals surface area contributed by atoms with Gasteiger partial charge in [0.05, 0.1) is 5.41 Å². The van der Waals surface area contributed by atoms with E-state index in [2.05, 4.69) is 107 Å². The van der Waals surface area contributed by atoms with Gasteiger partial charge in [-0.3, -0.25) is 4.79 Å². The van der Waals surface area contributed by atoms with Gasteiger partial charge in [0.25, 0.3) is 0 Å². The van der Waals surface area contributed by atoms with Crippen molar-refractivity contribution in [3.63, 3.8) is 0 Å². The van der Waals surface area contributed by atoms with Crippen LogP contribution in [0.2, 0.25) is 0 Å². The summed E-state index contributed by atoms with van der Waals surface area (Å²) in [7, 11) is 0. The summed E-state index contributed by atoms with van der Waals surface area (Å²) in [6.07, 6.45) is 42.4. The van der Waals surface area contributed by atoms with Crippen LogP contribution in [0, 0.1) is 63.6 Å². The quantitative estimate of drug-likeness (QED) is 0.0346. The molecular weight excluding hydrogens is 901 g/mol. The van der Waals surface area contributed by atoms with E-state index in [9.17, 15) is 4.79 Å². The van der Waals surface area contributed by atoms with Gasteiger partial charge in [-0.05, 0) is 75.6 Å². The maximum absolute atomic E-state index is 14.0. The van der Waals surface area contributed by atoms with Gasteiger partial charge in [-0.1, -0.05) is 236 Å². The average molecular weight is 1010 g/mol. The molecule has 0 saturated heterocycles. The molecule has 0 unspecified atom stereocenters. The molecule has 5 heteroatoms. The van der Waals surface area contributed by atoms with Gasteiger partial charge in [0.1, 0.15) is 6.10 Å². The minimum absolute atomic E-state index is 0. The average Bonchev–Trinajstić information content (AvgIpc) is 3.18. The summed E-state index contributed by atoms with van der Waals surface area (Å²) in [5, 5.41) is 0. The van der Waals surface area contributed by atoms with E-state index >= 15 is 0 Å². The van der Waals surface area contributed by atoms with Crippen molar-refractivity contribution in [2.45, 2.75) is 311 Å². The molecule has 0 fully saturated rings. The third-order valence-corrected chi connectivity index (χ3v) is 14.9. The van der Waals surface area contributed by atoms with Crippen molar-refractivity contribution in [1.82, 2.24) is 4.90 Å². The fourth-order valence-electron chi connectivity index (χ4n) is 10.4. The molecule has 3 nitrogen and oxygen atoms in total. The molecule has 0 bridgehead atoms. The van der Waals surface area contributed by atoms with Crippen molar-refractivity contribution in [2.75, 3.05) is 19.6 Å². The van der Waals surface area contributed by atoms with Crippen molar-refractivity contribution in [3.8, 4) is 0 Å². The minimum Gasteiger partial charge on any atom is -0.462 e. The summed E-state index contributed by atoms with van der Waals surface area (Å²) < 4.78 is 6.62. The normalized spacial score (nSPS) is 12.8. The van der Waals surface area contributed by atoms with Gasteiger partial charge in [-0.15, -0.1) is 6.54 Å². The second-order valence-corrected chi connectivity index (χ2v) is 24.1. The standard InChI is InChI=1S/C56H112NO2S.Sm/c1-14-20-38-50(39-21-15-2)42-34-30-26-24-28-32-36-44-52(45-37-33-29-25-27-31-35-43-51(40-22-16-3)41-23-17-4)59-53(58)54(8,9)48-56(12,13)60-55(10,11)46-49(7)47-57(18-5)19-6;/h50-52H,14-48H2,1-13H3;/q-1;. The molecule has 0 N–H and O–H groups in total. The van der Waals surface area contributed by atoms with Gasteiger partial charge in [0.15, 0.2) is 0 Å². The molecule has 0 radical (unpaired) electrons. The first-order valence-electron chi connectivity index (χ1n) is 27.0. The van der Waals surface area contributed by atoms with E-state index in [4.69, 9.17) is 4.74 Å². The van der Waals surface area contributed by atoms with Gasteiger partial charge < -0.3 is 15.6 Å². The third kappa shape index (κ3) is 36.9. The maximum Gasteiger partial charge on any atom is 0.311 e. The zero-order chi connectivity index (χ0) is 45.1. The Hall–Kier alpha value is 1.12. The van der Waals surface area contributed by atoms with Crippen LogP contribution in [0.15, 0.2) is 0 Å². The predicted octanol–water partition coefficient (Wildman–Crippen LogP) is 18.9. The first-order valence-corrected chi connectivity index (χ1v) is 27.8. The second kappa shape index (κ2) is 40.2. The topological polar surface area (TPSA) is 29.5 Å². The van der Waals surface area contributed by atoms with E-state index in [1.54, 1.807) is 5.92 Å². The molecular formula is C56H112NO2SSm-. The molecule has 0 aromatic carbocycles. The Balaban J connectivity index is 0. The summed E-state index contributed by atoms with van der Waals surface area (Å²) in [5.41, 5.74) is -0.511. The van der Waals surface area contributed by atoms with Crippen LogP contribution in [-0.2, 0) is 9.53 Å². The zero-order valence-electron chi connectivity index (χ0n) is 44.1. The van der Waals surface area contributed by atoms with Crippen LogP contribution < -0.4 is 0 Å². The number of ether oxygens (including phenoxy) is 1. The molecule has 0 rings (SSSR count). The summed E-state index contributed by atoms with van der Waals surface area (Å²) in [6, 6.07) is 0. The molecule has 0 aromatic rings. The fraction of sp³-hybridized carbons (Fsp3) is 0.964. The Labute approximate surface area is 423 Å². The van der Waals surface area contributed by atoms with Crippen molar-refractivity contribution in [1.29, 1.82) is 0 Å². The summed E-state index contributed by atoms with van der Waals surface area (Å²) >= 11 is 2.06. The summed E-state index contributed by atoms with van der Waals surface area (Å²) in [6.45, 7) is 33.2. The van der Waals surface area contributed by atoms with E-state index in [1.165, 1.54) is 180 Å². The number of thioether (sulfide) groups is 1.